The number of Topliss-reactive ketones (excluding diaryl/α,β-unsaturated/α-hetero) is 1. The zero-order valence-electron chi connectivity index (χ0n) is 14.3. The number of piperazine rings is 1. The molecule has 4 rings (SSSR count). The van der Waals surface area contributed by atoms with Crippen molar-refractivity contribution in [1.82, 2.24) is 0 Å². The second-order valence-corrected chi connectivity index (χ2v) is 6.79. The molecule has 1 atom stereocenters. The van der Waals surface area contributed by atoms with Crippen molar-refractivity contribution in [1.29, 1.82) is 0 Å². The van der Waals surface area contributed by atoms with Crippen LogP contribution >= 0.6 is 0 Å². The maximum absolute atomic E-state index is 12.4. The molecular formula is C21H24N3O+. The van der Waals surface area contributed by atoms with E-state index in [-0.39, 0.29) is 5.78 Å². The Hall–Kier alpha value is -2.59. The summed E-state index contributed by atoms with van der Waals surface area (Å²) < 4.78 is 0. The molecular weight excluding hydrogens is 310 g/mol. The van der Waals surface area contributed by atoms with Gasteiger partial charge in [-0.2, -0.15) is 0 Å². The molecule has 4 heteroatoms. The first-order valence-electron chi connectivity index (χ1n) is 9.01. The molecule has 2 aromatic carbocycles. The number of allylic oxidation sites excluding steroid dienone is 1. The Labute approximate surface area is 148 Å². The first kappa shape index (κ1) is 15.9. The Morgan fingerprint density at radius 2 is 1.56 bits per heavy atom. The lowest BCUT2D eigenvalue weighted by atomic mass is 10.1. The average molecular weight is 334 g/mol. The quantitative estimate of drug-likeness (QED) is 0.894. The van der Waals surface area contributed by atoms with Crippen molar-refractivity contribution in [3.05, 3.63) is 72.4 Å². The van der Waals surface area contributed by atoms with Gasteiger partial charge in [0.1, 0.15) is 6.04 Å². The highest BCUT2D eigenvalue weighted by Gasteiger charge is 2.33. The molecule has 1 saturated heterocycles. The van der Waals surface area contributed by atoms with E-state index in [1.807, 2.05) is 30.3 Å². The van der Waals surface area contributed by atoms with Crippen molar-refractivity contribution >= 4 is 17.2 Å². The zero-order chi connectivity index (χ0) is 17.1. The summed E-state index contributed by atoms with van der Waals surface area (Å²) in [5.74, 6) is 0.229. The molecule has 2 N–H and O–H groups in total. The van der Waals surface area contributed by atoms with E-state index in [0.717, 1.165) is 37.6 Å². The Morgan fingerprint density at radius 3 is 2.24 bits per heavy atom. The largest absolute Gasteiger partial charge is 0.360 e. The van der Waals surface area contributed by atoms with E-state index in [9.17, 15) is 4.79 Å². The van der Waals surface area contributed by atoms with E-state index in [4.69, 9.17) is 0 Å². The third-order valence-electron chi connectivity index (χ3n) is 5.18. The molecule has 1 fully saturated rings. The number of nitrogens with zero attached hydrogens (tertiary/aromatic N) is 1. The molecule has 25 heavy (non-hydrogen) atoms. The number of hydrogen-bond acceptors (Lipinski definition) is 3. The van der Waals surface area contributed by atoms with Gasteiger partial charge in [-0.15, -0.1) is 0 Å². The number of rotatable bonds is 4. The van der Waals surface area contributed by atoms with Crippen LogP contribution in [-0.4, -0.2) is 38.0 Å². The lowest BCUT2D eigenvalue weighted by molar-refractivity contribution is -0.918. The Bertz CT molecular complexity index is 749. The minimum Gasteiger partial charge on any atom is -0.360 e. The highest BCUT2D eigenvalue weighted by atomic mass is 16.1. The summed E-state index contributed by atoms with van der Waals surface area (Å²) in [5.41, 5.74) is 3.03. The highest BCUT2D eigenvalue weighted by Crippen LogP contribution is 2.18. The third-order valence-corrected chi connectivity index (χ3v) is 5.18. The first-order valence-corrected chi connectivity index (χ1v) is 9.01. The molecule has 4 nitrogen and oxygen atoms in total. The van der Waals surface area contributed by atoms with Gasteiger partial charge in [-0.25, -0.2) is 0 Å². The average Bonchev–Trinajstić information content (AvgIpc) is 3.04. The Balaban J connectivity index is 1.38. The number of hydrogen-bond donors (Lipinski definition) is 2. The van der Waals surface area contributed by atoms with Crippen molar-refractivity contribution in [2.75, 3.05) is 36.4 Å². The van der Waals surface area contributed by atoms with E-state index in [1.165, 1.54) is 10.6 Å². The minimum absolute atomic E-state index is 0.229. The molecule has 2 aliphatic rings. The highest BCUT2D eigenvalue weighted by molar-refractivity contribution is 6.00. The summed E-state index contributed by atoms with van der Waals surface area (Å²) in [6.45, 7) is 4.22. The van der Waals surface area contributed by atoms with Gasteiger partial charge in [-0.3, -0.25) is 4.79 Å². The predicted octanol–water partition coefficient (Wildman–Crippen LogP) is 1.73. The van der Waals surface area contributed by atoms with Crippen molar-refractivity contribution in [3.8, 4) is 0 Å². The summed E-state index contributed by atoms with van der Waals surface area (Å²) in [6, 6.07) is 20.8. The fraction of sp³-hybridized carbons (Fsp3) is 0.286. The van der Waals surface area contributed by atoms with Gasteiger partial charge in [0.2, 0.25) is 0 Å². The van der Waals surface area contributed by atoms with Crippen LogP contribution in [-0.2, 0) is 4.79 Å². The standard InChI is InChI=1S/C21H23N3O/c25-21-16-19(15-20(21)22-17-7-3-1-4-8-17)24-13-11-23(12-14-24)18-9-5-2-6-10-18/h1-10,15,19,22H,11-14,16H2/p+1/t19-/m1/s1. The molecule has 0 saturated carbocycles. The summed E-state index contributed by atoms with van der Waals surface area (Å²) >= 11 is 0. The number of nitrogens with one attached hydrogen (secondary N) is 2. The lowest BCUT2D eigenvalue weighted by Crippen LogP contribution is -3.18. The number of para-hydroxylation sites is 2. The molecule has 0 amide bonds. The Morgan fingerprint density at radius 1 is 0.920 bits per heavy atom. The second-order valence-electron chi connectivity index (χ2n) is 6.79. The van der Waals surface area contributed by atoms with Gasteiger partial charge in [0, 0.05) is 17.5 Å². The summed E-state index contributed by atoms with van der Waals surface area (Å²) in [6.07, 6.45) is 2.76. The van der Waals surface area contributed by atoms with Crippen molar-refractivity contribution < 1.29 is 9.69 Å². The third kappa shape index (κ3) is 3.59. The summed E-state index contributed by atoms with van der Waals surface area (Å²) in [5, 5.41) is 3.28. The molecule has 0 spiro atoms. The van der Waals surface area contributed by atoms with Gasteiger partial charge >= 0.3 is 0 Å². The maximum atomic E-state index is 12.4. The predicted molar refractivity (Wildman–Crippen MR) is 101 cm³/mol. The monoisotopic (exact) mass is 334 g/mol. The van der Waals surface area contributed by atoms with Crippen LogP contribution < -0.4 is 15.1 Å². The van der Waals surface area contributed by atoms with Gasteiger partial charge in [-0.1, -0.05) is 36.4 Å². The second kappa shape index (κ2) is 7.11. The first-order chi connectivity index (χ1) is 12.3. The van der Waals surface area contributed by atoms with Crippen LogP contribution in [0.1, 0.15) is 6.42 Å². The summed E-state index contributed by atoms with van der Waals surface area (Å²) in [4.78, 5) is 16.3. The van der Waals surface area contributed by atoms with Crippen LogP contribution in [0.25, 0.3) is 0 Å². The van der Waals surface area contributed by atoms with Crippen LogP contribution in [0.15, 0.2) is 72.4 Å². The number of anilines is 2. The van der Waals surface area contributed by atoms with Gasteiger partial charge in [0.15, 0.2) is 5.78 Å². The topological polar surface area (TPSA) is 36.8 Å². The number of carbonyl (C=O) groups is 1. The SMILES string of the molecule is O=C1C[C@H]([NH+]2CCN(c3ccccc3)CC2)C=C1Nc1ccccc1. The van der Waals surface area contributed by atoms with Crippen LogP contribution in [0.4, 0.5) is 11.4 Å². The van der Waals surface area contributed by atoms with Gasteiger partial charge in [0.05, 0.1) is 38.3 Å². The zero-order valence-corrected chi connectivity index (χ0v) is 14.3. The van der Waals surface area contributed by atoms with E-state index in [2.05, 4.69) is 46.6 Å². The van der Waals surface area contributed by atoms with Crippen molar-refractivity contribution in [3.63, 3.8) is 0 Å². The molecule has 1 aliphatic heterocycles. The van der Waals surface area contributed by atoms with E-state index in [0.29, 0.717) is 12.5 Å². The van der Waals surface area contributed by atoms with Crippen molar-refractivity contribution in [2.24, 2.45) is 0 Å². The number of benzene rings is 2. The Kier molecular flexibility index (Phi) is 4.53. The van der Waals surface area contributed by atoms with Crippen LogP contribution in [0.2, 0.25) is 0 Å². The number of carbonyl (C=O) groups excluding carboxylic acids is 1. The molecule has 0 radical (unpaired) electrons. The van der Waals surface area contributed by atoms with Gasteiger partial charge < -0.3 is 15.1 Å². The van der Waals surface area contributed by atoms with Crippen LogP contribution in [0.5, 0.6) is 0 Å². The van der Waals surface area contributed by atoms with Crippen LogP contribution in [0, 0.1) is 0 Å². The molecule has 128 valence electrons. The molecule has 0 unspecified atom stereocenters. The number of quaternary nitrogens is 1. The summed E-state index contributed by atoms with van der Waals surface area (Å²) in [7, 11) is 0. The van der Waals surface area contributed by atoms with Gasteiger partial charge in [0.25, 0.3) is 0 Å². The molecule has 0 aromatic heterocycles. The fourth-order valence-electron chi connectivity index (χ4n) is 3.78. The van der Waals surface area contributed by atoms with Crippen LogP contribution in [0.3, 0.4) is 0 Å². The lowest BCUT2D eigenvalue weighted by Gasteiger charge is -2.35. The number of ketones is 1. The van der Waals surface area contributed by atoms with E-state index in [1.54, 1.807) is 0 Å². The normalized spacial score (nSPS) is 21.3. The smallest absolute Gasteiger partial charge is 0.185 e. The van der Waals surface area contributed by atoms with Gasteiger partial charge in [-0.05, 0) is 24.3 Å². The molecule has 0 bridgehead atoms. The molecule has 2 aromatic rings. The molecule has 1 heterocycles. The fourth-order valence-corrected chi connectivity index (χ4v) is 3.78. The minimum atomic E-state index is 0.229. The van der Waals surface area contributed by atoms with E-state index >= 15 is 0 Å². The van der Waals surface area contributed by atoms with E-state index < -0.39 is 0 Å². The van der Waals surface area contributed by atoms with Crippen molar-refractivity contribution in [2.45, 2.75) is 12.5 Å². The maximum Gasteiger partial charge on any atom is 0.185 e. The molecule has 1 aliphatic carbocycles.